The zero-order valence-electron chi connectivity index (χ0n) is 15.2. The first-order valence-electron chi connectivity index (χ1n) is 8.24. The second-order valence-corrected chi connectivity index (χ2v) is 6.96. The van der Waals surface area contributed by atoms with Crippen LogP contribution in [0, 0.1) is 17.4 Å². The molecule has 0 radical (unpaired) electrons. The van der Waals surface area contributed by atoms with E-state index in [4.69, 9.17) is 9.47 Å². The van der Waals surface area contributed by atoms with Gasteiger partial charge in [-0.05, 0) is 74.6 Å². The molecule has 0 saturated heterocycles. The number of halogens is 1. The Morgan fingerprint density at radius 3 is 2.54 bits per heavy atom. The molecule has 0 aliphatic rings. The summed E-state index contributed by atoms with van der Waals surface area (Å²) in [4.78, 5) is 24.1. The topological polar surface area (TPSA) is 82.5 Å². The number of carbonyl (C=O) groups is 2. The number of carbonyl (C=O) groups excluding carboxylic acids is 2. The van der Waals surface area contributed by atoms with Crippen LogP contribution in [-0.2, 0) is 20.9 Å². The van der Waals surface area contributed by atoms with Gasteiger partial charge in [-0.25, -0.2) is 0 Å². The number of anilines is 1. The molecule has 2 rings (SSSR count). The Bertz CT molecular complexity index is 786. The molecule has 1 heterocycles. The highest BCUT2D eigenvalue weighted by atomic mass is 127. The SMILES string of the molecule is CCOC(=O)Cn1nc(C)c(NC(=O)[C@H](C)Oc2ccc(I)cc2)c1C. The van der Waals surface area contributed by atoms with Gasteiger partial charge in [0.1, 0.15) is 12.3 Å². The van der Waals surface area contributed by atoms with Gasteiger partial charge >= 0.3 is 5.97 Å². The predicted molar refractivity (Wildman–Crippen MR) is 106 cm³/mol. The van der Waals surface area contributed by atoms with Crippen molar-refractivity contribution in [3.63, 3.8) is 0 Å². The van der Waals surface area contributed by atoms with E-state index >= 15 is 0 Å². The Hall–Kier alpha value is -2.10. The van der Waals surface area contributed by atoms with Crippen molar-refractivity contribution < 1.29 is 19.1 Å². The van der Waals surface area contributed by atoms with Gasteiger partial charge in [0.15, 0.2) is 6.10 Å². The minimum Gasteiger partial charge on any atom is -0.481 e. The Morgan fingerprint density at radius 1 is 1.27 bits per heavy atom. The number of aryl methyl sites for hydroxylation is 1. The van der Waals surface area contributed by atoms with E-state index in [9.17, 15) is 9.59 Å². The van der Waals surface area contributed by atoms with E-state index in [1.807, 2.05) is 24.3 Å². The van der Waals surface area contributed by atoms with Crippen molar-refractivity contribution in [3.8, 4) is 5.75 Å². The minimum absolute atomic E-state index is 0.00505. The molecule has 0 fully saturated rings. The van der Waals surface area contributed by atoms with Gasteiger partial charge in [0, 0.05) is 3.57 Å². The summed E-state index contributed by atoms with van der Waals surface area (Å²) in [5.41, 5.74) is 1.89. The summed E-state index contributed by atoms with van der Waals surface area (Å²) in [6, 6.07) is 7.46. The molecule has 7 nitrogen and oxygen atoms in total. The van der Waals surface area contributed by atoms with Crippen LogP contribution in [0.5, 0.6) is 5.75 Å². The Kier molecular flexibility index (Phi) is 7.01. The fourth-order valence-electron chi connectivity index (χ4n) is 2.36. The van der Waals surface area contributed by atoms with Crippen LogP contribution in [0.15, 0.2) is 24.3 Å². The number of aromatic nitrogens is 2. The van der Waals surface area contributed by atoms with E-state index in [1.165, 1.54) is 4.68 Å². The van der Waals surface area contributed by atoms with Crippen molar-refractivity contribution in [2.45, 2.75) is 40.3 Å². The first-order valence-corrected chi connectivity index (χ1v) is 9.32. The average molecular weight is 471 g/mol. The minimum atomic E-state index is -0.678. The molecule has 0 saturated carbocycles. The number of hydrogen-bond donors (Lipinski definition) is 1. The van der Waals surface area contributed by atoms with E-state index in [0.29, 0.717) is 29.4 Å². The predicted octanol–water partition coefficient (Wildman–Crippen LogP) is 3.07. The third-order valence-electron chi connectivity index (χ3n) is 3.71. The number of benzene rings is 1. The summed E-state index contributed by atoms with van der Waals surface area (Å²) >= 11 is 2.20. The summed E-state index contributed by atoms with van der Waals surface area (Å²) in [6.07, 6.45) is -0.678. The van der Waals surface area contributed by atoms with Crippen molar-refractivity contribution in [2.24, 2.45) is 0 Å². The van der Waals surface area contributed by atoms with Gasteiger partial charge in [-0.2, -0.15) is 5.10 Å². The third-order valence-corrected chi connectivity index (χ3v) is 4.43. The second-order valence-electron chi connectivity index (χ2n) is 5.71. The standard InChI is InChI=1S/C18H22IN3O4/c1-5-25-16(23)10-22-12(3)17(11(2)21-22)20-18(24)13(4)26-15-8-6-14(19)7-9-15/h6-9,13H,5,10H2,1-4H3,(H,20,24)/t13-/m0/s1. The quantitative estimate of drug-likeness (QED) is 0.496. The van der Waals surface area contributed by atoms with Crippen LogP contribution in [0.2, 0.25) is 0 Å². The number of rotatable bonds is 7. The highest BCUT2D eigenvalue weighted by Crippen LogP contribution is 2.21. The molecule has 0 bridgehead atoms. The van der Waals surface area contributed by atoms with Crippen LogP contribution in [0.4, 0.5) is 5.69 Å². The lowest BCUT2D eigenvalue weighted by molar-refractivity contribution is -0.144. The average Bonchev–Trinajstić information content (AvgIpc) is 2.84. The summed E-state index contributed by atoms with van der Waals surface area (Å²) in [5.74, 6) is -0.0312. The molecule has 2 aromatic rings. The van der Waals surface area contributed by atoms with Crippen LogP contribution >= 0.6 is 22.6 Å². The number of hydrogen-bond acceptors (Lipinski definition) is 5. The van der Waals surface area contributed by atoms with Crippen LogP contribution in [0.1, 0.15) is 25.2 Å². The van der Waals surface area contributed by atoms with Crippen molar-refractivity contribution in [1.29, 1.82) is 0 Å². The monoisotopic (exact) mass is 471 g/mol. The van der Waals surface area contributed by atoms with Crippen LogP contribution in [0.3, 0.4) is 0 Å². The second kappa shape index (κ2) is 9.02. The molecule has 0 unspecified atom stereocenters. The zero-order chi connectivity index (χ0) is 19.3. The molecule has 1 aromatic carbocycles. The molecular formula is C18H22IN3O4. The molecule has 26 heavy (non-hydrogen) atoms. The normalized spacial score (nSPS) is 11.7. The fraction of sp³-hybridized carbons (Fsp3) is 0.389. The lowest BCUT2D eigenvalue weighted by Gasteiger charge is -2.15. The van der Waals surface area contributed by atoms with E-state index < -0.39 is 6.10 Å². The first-order chi connectivity index (χ1) is 12.3. The molecule has 1 N–H and O–H groups in total. The number of esters is 1. The fourth-order valence-corrected chi connectivity index (χ4v) is 2.72. The number of nitrogens with one attached hydrogen (secondary N) is 1. The summed E-state index contributed by atoms with van der Waals surface area (Å²) in [7, 11) is 0. The maximum absolute atomic E-state index is 12.5. The Labute approximate surface area is 166 Å². The summed E-state index contributed by atoms with van der Waals surface area (Å²) in [5, 5.41) is 7.13. The molecule has 1 atom stereocenters. The van der Waals surface area contributed by atoms with Gasteiger partial charge in [-0.15, -0.1) is 0 Å². The van der Waals surface area contributed by atoms with Crippen LogP contribution in [-0.4, -0.2) is 34.4 Å². The first kappa shape index (κ1) is 20.2. The summed E-state index contributed by atoms with van der Waals surface area (Å²) in [6.45, 7) is 7.31. The molecule has 1 aromatic heterocycles. The van der Waals surface area contributed by atoms with Gasteiger partial charge < -0.3 is 14.8 Å². The largest absolute Gasteiger partial charge is 0.481 e. The van der Waals surface area contributed by atoms with E-state index in [-0.39, 0.29) is 18.4 Å². The zero-order valence-corrected chi connectivity index (χ0v) is 17.4. The van der Waals surface area contributed by atoms with Gasteiger partial charge in [0.25, 0.3) is 5.91 Å². The van der Waals surface area contributed by atoms with Crippen molar-refractivity contribution >= 4 is 40.2 Å². The highest BCUT2D eigenvalue weighted by Gasteiger charge is 2.20. The number of amides is 1. The summed E-state index contributed by atoms with van der Waals surface area (Å²) < 4.78 is 13.2. The third kappa shape index (κ3) is 5.20. The maximum atomic E-state index is 12.5. The Morgan fingerprint density at radius 2 is 1.92 bits per heavy atom. The van der Waals surface area contributed by atoms with Crippen molar-refractivity contribution in [3.05, 3.63) is 39.2 Å². The molecule has 0 aliphatic carbocycles. The molecule has 1 amide bonds. The molecule has 8 heteroatoms. The van der Waals surface area contributed by atoms with Crippen molar-refractivity contribution in [2.75, 3.05) is 11.9 Å². The molecule has 140 valence electrons. The Balaban J connectivity index is 2.04. The lowest BCUT2D eigenvalue weighted by atomic mass is 10.2. The molecule has 0 spiro atoms. The maximum Gasteiger partial charge on any atom is 0.327 e. The van der Waals surface area contributed by atoms with Crippen molar-refractivity contribution in [1.82, 2.24) is 9.78 Å². The van der Waals surface area contributed by atoms with E-state index in [0.717, 1.165) is 3.57 Å². The number of ether oxygens (including phenoxy) is 2. The molecule has 0 aliphatic heterocycles. The van der Waals surface area contributed by atoms with Gasteiger partial charge in [0.05, 0.1) is 23.7 Å². The van der Waals surface area contributed by atoms with Gasteiger partial charge in [-0.1, -0.05) is 0 Å². The van der Waals surface area contributed by atoms with Crippen LogP contribution < -0.4 is 10.1 Å². The molecular weight excluding hydrogens is 449 g/mol. The number of nitrogens with zero attached hydrogens (tertiary/aromatic N) is 2. The van der Waals surface area contributed by atoms with E-state index in [1.54, 1.807) is 27.7 Å². The lowest BCUT2D eigenvalue weighted by Crippen LogP contribution is -2.30. The highest BCUT2D eigenvalue weighted by molar-refractivity contribution is 14.1. The van der Waals surface area contributed by atoms with Crippen LogP contribution in [0.25, 0.3) is 0 Å². The smallest absolute Gasteiger partial charge is 0.327 e. The van der Waals surface area contributed by atoms with Gasteiger partial charge in [-0.3, -0.25) is 14.3 Å². The van der Waals surface area contributed by atoms with E-state index in [2.05, 4.69) is 33.0 Å². The van der Waals surface area contributed by atoms with Gasteiger partial charge in [0.2, 0.25) is 0 Å².